The Morgan fingerprint density at radius 2 is 1.18 bits per heavy atom. The number of methoxy groups -OCH3 is 2. The van der Waals surface area contributed by atoms with Crippen molar-refractivity contribution < 1.29 is 47.7 Å². The number of carbonyl (C=O) groups excluding carboxylic acids is 6. The van der Waals surface area contributed by atoms with Crippen molar-refractivity contribution in [3.63, 3.8) is 0 Å². The standard InChI is InChI=1S/C53H52N8O10/c1-30(58-50(64)27-57-49(63)15-9-8-14-48(54)62)51(65)59-35-17-31(28-70-46-23-40-38(21-44(46)68-2)52(66)60-36(25-55-40)19-33-10-4-6-12-42(33)60)16-32(18-35)29-71-47-24-41-39(22-45(47)69-3)53(67)61-37(26-56-41)20-34-11-5-7-13-43(34)61/h4-7,10-13,16-18,21-26,30,36-37H,8-9,14-15,19-20,27-29H2,1-3H3,(H2,54,62)(H,57,63)(H,58,64)(H,59,65)/t30?,36-,37?/m0/s1. The fourth-order valence-corrected chi connectivity index (χ4v) is 9.16. The molecular weight excluding hydrogens is 909 g/mol. The summed E-state index contributed by atoms with van der Waals surface area (Å²) in [5, 5.41) is 8.00. The van der Waals surface area contributed by atoms with E-state index in [1.807, 2.05) is 54.6 Å². The fourth-order valence-electron chi connectivity index (χ4n) is 9.16. The van der Waals surface area contributed by atoms with Crippen molar-refractivity contribution in [2.75, 3.05) is 35.9 Å². The summed E-state index contributed by atoms with van der Waals surface area (Å²) in [5.41, 5.74) is 12.1. The van der Waals surface area contributed by atoms with E-state index in [4.69, 9.17) is 34.7 Å². The molecule has 4 aliphatic heterocycles. The van der Waals surface area contributed by atoms with Gasteiger partial charge in [-0.25, -0.2) is 0 Å². The molecule has 0 radical (unpaired) electrons. The van der Waals surface area contributed by atoms with Gasteiger partial charge in [-0.05, 0) is 84.5 Å². The van der Waals surface area contributed by atoms with E-state index in [1.54, 1.807) is 58.6 Å². The van der Waals surface area contributed by atoms with Gasteiger partial charge in [-0.3, -0.25) is 48.6 Å². The van der Waals surface area contributed by atoms with E-state index in [0.29, 0.717) is 88.0 Å². The molecule has 18 nitrogen and oxygen atoms in total. The van der Waals surface area contributed by atoms with Gasteiger partial charge < -0.3 is 40.6 Å². The zero-order chi connectivity index (χ0) is 49.8. The second kappa shape index (κ2) is 20.6. The fraction of sp³-hybridized carbons (Fsp3) is 0.283. The van der Waals surface area contributed by atoms with Gasteiger partial charge >= 0.3 is 0 Å². The molecule has 5 N–H and O–H groups in total. The van der Waals surface area contributed by atoms with E-state index in [9.17, 15) is 28.8 Å². The topological polar surface area (TPSA) is 233 Å². The molecule has 5 aromatic carbocycles. The number of nitrogens with two attached hydrogens (primary N) is 1. The molecule has 0 saturated carbocycles. The minimum atomic E-state index is -1.01. The minimum absolute atomic E-state index is 0.0278. The summed E-state index contributed by atoms with van der Waals surface area (Å²) in [7, 11) is 2.98. The van der Waals surface area contributed by atoms with Crippen molar-refractivity contribution in [2.24, 2.45) is 15.7 Å². The maximum Gasteiger partial charge on any atom is 0.261 e. The zero-order valence-electron chi connectivity index (χ0n) is 39.4. The first-order valence-corrected chi connectivity index (χ1v) is 23.3. The van der Waals surface area contributed by atoms with Gasteiger partial charge in [0.05, 0.1) is 55.3 Å². The summed E-state index contributed by atoms with van der Waals surface area (Å²) < 4.78 is 24.3. The minimum Gasteiger partial charge on any atom is -0.493 e. The first kappa shape index (κ1) is 47.5. The van der Waals surface area contributed by atoms with Crippen LogP contribution >= 0.6 is 0 Å². The Hall–Kier alpha value is -8.54. The van der Waals surface area contributed by atoms with E-state index >= 15 is 0 Å². The zero-order valence-corrected chi connectivity index (χ0v) is 39.4. The molecule has 3 atom stereocenters. The number of hydrogen-bond acceptors (Lipinski definition) is 12. The maximum atomic E-state index is 14.0. The number of aliphatic imine (C=N–C) groups is 2. The molecule has 6 amide bonds. The van der Waals surface area contributed by atoms with Gasteiger partial charge in [-0.2, -0.15) is 0 Å². The quantitative estimate of drug-likeness (QED) is 0.0744. The summed E-state index contributed by atoms with van der Waals surface area (Å²) in [6.45, 7) is 1.11. The molecule has 71 heavy (non-hydrogen) atoms. The summed E-state index contributed by atoms with van der Waals surface area (Å²) in [6, 6.07) is 26.0. The monoisotopic (exact) mass is 960 g/mol. The van der Waals surface area contributed by atoms with Crippen LogP contribution in [0.3, 0.4) is 0 Å². The van der Waals surface area contributed by atoms with Crippen molar-refractivity contribution in [3.05, 3.63) is 124 Å². The molecule has 4 heterocycles. The molecule has 364 valence electrons. The predicted molar refractivity (Wildman–Crippen MR) is 266 cm³/mol. The number of hydrogen-bond donors (Lipinski definition) is 4. The Morgan fingerprint density at radius 3 is 1.69 bits per heavy atom. The van der Waals surface area contributed by atoms with Gasteiger partial charge in [0.2, 0.25) is 23.6 Å². The number of nitrogens with zero attached hydrogens (tertiary/aromatic N) is 4. The second-order valence-electron chi connectivity index (χ2n) is 17.6. The van der Waals surface area contributed by atoms with Crippen LogP contribution in [0.5, 0.6) is 23.0 Å². The van der Waals surface area contributed by atoms with Crippen molar-refractivity contribution >= 4 is 76.3 Å². The lowest BCUT2D eigenvalue weighted by Crippen LogP contribution is -2.45. The lowest BCUT2D eigenvalue weighted by atomic mass is 10.1. The number of fused-ring (bicyclic) bond motifs is 8. The van der Waals surface area contributed by atoms with E-state index in [-0.39, 0.29) is 62.4 Å². The number of benzene rings is 5. The number of carbonyl (C=O) groups is 6. The summed E-state index contributed by atoms with van der Waals surface area (Å²) in [5.74, 6) is -1.06. The summed E-state index contributed by atoms with van der Waals surface area (Å²) in [4.78, 5) is 90.6. The number of para-hydroxylation sites is 2. The molecule has 0 aromatic heterocycles. The van der Waals surface area contributed by atoms with Gasteiger partial charge in [0.25, 0.3) is 11.8 Å². The van der Waals surface area contributed by atoms with Crippen LogP contribution in [0.25, 0.3) is 0 Å². The third-order valence-corrected chi connectivity index (χ3v) is 12.7. The largest absolute Gasteiger partial charge is 0.493 e. The molecule has 0 aliphatic carbocycles. The van der Waals surface area contributed by atoms with Gasteiger partial charge in [-0.15, -0.1) is 0 Å². The highest BCUT2D eigenvalue weighted by Gasteiger charge is 2.38. The summed E-state index contributed by atoms with van der Waals surface area (Å²) >= 11 is 0. The van der Waals surface area contributed by atoms with Crippen LogP contribution in [0.2, 0.25) is 0 Å². The van der Waals surface area contributed by atoms with Crippen molar-refractivity contribution in [1.29, 1.82) is 0 Å². The number of amides is 6. The third-order valence-electron chi connectivity index (χ3n) is 12.7. The van der Waals surface area contributed by atoms with E-state index in [1.165, 1.54) is 21.1 Å². The van der Waals surface area contributed by atoms with E-state index in [2.05, 4.69) is 16.0 Å². The molecule has 5 aromatic rings. The highest BCUT2D eigenvalue weighted by atomic mass is 16.5. The lowest BCUT2D eigenvalue weighted by Gasteiger charge is -2.22. The van der Waals surface area contributed by atoms with Crippen LogP contribution in [0.1, 0.15) is 75.6 Å². The molecule has 0 saturated heterocycles. The first-order valence-electron chi connectivity index (χ1n) is 23.3. The SMILES string of the molecule is COc1cc2c(cc1OCc1cc(COc3cc4c(cc3OC)C(=O)N3c5ccccc5C[C@H]3C=N4)cc(NC(=O)C(C)NC(=O)CNC(=O)CCCCC(N)=O)c1)N=CC1Cc3ccccc3N1C2=O. The second-order valence-corrected chi connectivity index (χ2v) is 17.6. The number of anilines is 3. The molecule has 4 aliphatic rings. The van der Waals surface area contributed by atoms with Gasteiger partial charge in [0.15, 0.2) is 23.0 Å². The highest BCUT2D eigenvalue weighted by Crippen LogP contribution is 2.43. The van der Waals surface area contributed by atoms with Crippen LogP contribution in [-0.4, -0.2) is 86.8 Å². The Balaban J connectivity index is 0.935. The average molecular weight is 961 g/mol. The molecule has 9 rings (SSSR count). The third kappa shape index (κ3) is 10.3. The van der Waals surface area contributed by atoms with Crippen molar-refractivity contribution in [3.8, 4) is 23.0 Å². The first-order chi connectivity index (χ1) is 34.4. The summed E-state index contributed by atoms with van der Waals surface area (Å²) in [6.07, 6.45) is 6.02. The van der Waals surface area contributed by atoms with Crippen LogP contribution in [0, 0.1) is 0 Å². The molecule has 0 bridgehead atoms. The predicted octanol–water partition coefficient (Wildman–Crippen LogP) is 6.04. The van der Waals surface area contributed by atoms with Crippen LogP contribution < -0.4 is 50.4 Å². The maximum absolute atomic E-state index is 14.0. The Labute approximate surface area is 409 Å². The number of unbranched alkanes of at least 4 members (excludes halogenated alkanes) is 1. The van der Waals surface area contributed by atoms with Crippen molar-refractivity contribution in [1.82, 2.24) is 10.6 Å². The Bertz CT molecular complexity index is 2860. The van der Waals surface area contributed by atoms with Crippen LogP contribution in [0.15, 0.2) is 101 Å². The number of nitrogens with one attached hydrogen (secondary N) is 3. The van der Waals surface area contributed by atoms with E-state index in [0.717, 1.165) is 22.5 Å². The van der Waals surface area contributed by atoms with Gasteiger partial charge in [0, 0.05) is 67.3 Å². The number of primary amides is 1. The highest BCUT2D eigenvalue weighted by molar-refractivity contribution is 6.16. The van der Waals surface area contributed by atoms with Crippen LogP contribution in [0.4, 0.5) is 28.4 Å². The van der Waals surface area contributed by atoms with Crippen LogP contribution in [-0.2, 0) is 45.2 Å². The molecule has 0 spiro atoms. The number of rotatable bonds is 18. The molecule has 18 heteroatoms. The van der Waals surface area contributed by atoms with E-state index < -0.39 is 23.8 Å². The molecule has 2 unspecified atom stereocenters. The van der Waals surface area contributed by atoms with Gasteiger partial charge in [0.1, 0.15) is 19.3 Å². The molecular formula is C53H52N8O10. The lowest BCUT2D eigenvalue weighted by molar-refractivity contribution is -0.128. The number of ether oxygens (including phenoxy) is 4. The average Bonchev–Trinajstić information content (AvgIpc) is 3.86. The Kier molecular flexibility index (Phi) is 13.8. The van der Waals surface area contributed by atoms with Gasteiger partial charge in [-0.1, -0.05) is 36.4 Å². The van der Waals surface area contributed by atoms with Crippen molar-refractivity contribution in [2.45, 2.75) is 76.8 Å². The molecule has 0 fully saturated rings. The Morgan fingerprint density at radius 1 is 0.676 bits per heavy atom. The smallest absolute Gasteiger partial charge is 0.261 e. The normalized spacial score (nSPS) is 16.2.